The van der Waals surface area contributed by atoms with Crippen LogP contribution in [0, 0.1) is 6.92 Å². The van der Waals surface area contributed by atoms with Crippen LogP contribution < -0.4 is 0 Å². The van der Waals surface area contributed by atoms with E-state index in [0.717, 1.165) is 12.2 Å². The fourth-order valence-corrected chi connectivity index (χ4v) is 1.45. The Morgan fingerprint density at radius 1 is 1.50 bits per heavy atom. The molecule has 0 amide bonds. The standard InChI is InChI=1S/C9H11N3/c1-3-12-6-7(2)8-4-5-10-11-9(8)12/h4-6H,3H2,1-2H3. The maximum atomic E-state index is 4.09. The zero-order valence-electron chi connectivity index (χ0n) is 7.28. The van der Waals surface area contributed by atoms with Crippen LogP contribution in [0.4, 0.5) is 0 Å². The minimum Gasteiger partial charge on any atom is -0.331 e. The summed E-state index contributed by atoms with van der Waals surface area (Å²) in [5.41, 5.74) is 2.25. The van der Waals surface area contributed by atoms with Crippen molar-refractivity contribution in [2.75, 3.05) is 0 Å². The van der Waals surface area contributed by atoms with Crippen LogP contribution in [0.3, 0.4) is 0 Å². The first-order valence-electron chi connectivity index (χ1n) is 4.10. The highest BCUT2D eigenvalue weighted by Gasteiger charge is 2.03. The molecule has 0 saturated heterocycles. The maximum absolute atomic E-state index is 4.09. The molecule has 0 atom stereocenters. The molecular weight excluding hydrogens is 150 g/mol. The van der Waals surface area contributed by atoms with Gasteiger partial charge in [-0.25, -0.2) is 0 Å². The van der Waals surface area contributed by atoms with Crippen molar-refractivity contribution in [3.63, 3.8) is 0 Å². The minimum absolute atomic E-state index is 0.947. The lowest BCUT2D eigenvalue weighted by molar-refractivity contribution is 0.777. The lowest BCUT2D eigenvalue weighted by Crippen LogP contribution is -1.93. The molecule has 0 unspecified atom stereocenters. The average Bonchev–Trinajstić information content (AvgIpc) is 2.44. The van der Waals surface area contributed by atoms with Gasteiger partial charge in [-0.2, -0.15) is 5.10 Å². The second-order valence-electron chi connectivity index (χ2n) is 2.87. The van der Waals surface area contributed by atoms with Crippen LogP contribution in [-0.2, 0) is 6.54 Å². The number of hydrogen-bond donors (Lipinski definition) is 0. The maximum Gasteiger partial charge on any atom is 0.162 e. The molecule has 0 N–H and O–H groups in total. The van der Waals surface area contributed by atoms with Gasteiger partial charge >= 0.3 is 0 Å². The van der Waals surface area contributed by atoms with Crippen molar-refractivity contribution in [2.24, 2.45) is 0 Å². The highest BCUT2D eigenvalue weighted by molar-refractivity contribution is 5.79. The summed E-state index contributed by atoms with van der Waals surface area (Å²) in [4.78, 5) is 0. The molecule has 2 rings (SSSR count). The monoisotopic (exact) mass is 161 g/mol. The molecule has 0 saturated carbocycles. The predicted molar refractivity (Wildman–Crippen MR) is 47.9 cm³/mol. The van der Waals surface area contributed by atoms with Crippen molar-refractivity contribution in [1.82, 2.24) is 14.8 Å². The van der Waals surface area contributed by atoms with E-state index in [1.165, 1.54) is 10.9 Å². The fraction of sp³-hybridized carbons (Fsp3) is 0.333. The average molecular weight is 161 g/mol. The summed E-state index contributed by atoms with van der Waals surface area (Å²) >= 11 is 0. The van der Waals surface area contributed by atoms with Crippen molar-refractivity contribution >= 4 is 11.0 Å². The fourth-order valence-electron chi connectivity index (χ4n) is 1.45. The van der Waals surface area contributed by atoms with E-state index in [9.17, 15) is 0 Å². The highest BCUT2D eigenvalue weighted by atomic mass is 15.2. The quantitative estimate of drug-likeness (QED) is 0.638. The van der Waals surface area contributed by atoms with Crippen molar-refractivity contribution in [2.45, 2.75) is 20.4 Å². The Kier molecular flexibility index (Phi) is 1.57. The molecule has 2 aromatic heterocycles. The van der Waals surface area contributed by atoms with E-state index in [0.29, 0.717) is 0 Å². The highest BCUT2D eigenvalue weighted by Crippen LogP contribution is 2.16. The smallest absolute Gasteiger partial charge is 0.162 e. The third-order valence-electron chi connectivity index (χ3n) is 2.09. The Bertz CT molecular complexity index is 403. The first-order chi connectivity index (χ1) is 5.83. The lowest BCUT2D eigenvalue weighted by atomic mass is 10.3. The van der Waals surface area contributed by atoms with Gasteiger partial charge in [0.1, 0.15) is 0 Å². The number of aryl methyl sites for hydroxylation is 2. The van der Waals surface area contributed by atoms with Crippen LogP contribution in [0.1, 0.15) is 12.5 Å². The van der Waals surface area contributed by atoms with Gasteiger partial charge in [0.2, 0.25) is 0 Å². The Morgan fingerprint density at radius 3 is 3.08 bits per heavy atom. The summed E-state index contributed by atoms with van der Waals surface area (Å²) in [7, 11) is 0. The van der Waals surface area contributed by atoms with E-state index in [1.807, 2.05) is 6.07 Å². The molecule has 0 aliphatic heterocycles. The molecule has 0 aliphatic carbocycles. The molecule has 62 valence electrons. The van der Waals surface area contributed by atoms with Gasteiger partial charge in [-0.1, -0.05) is 0 Å². The van der Waals surface area contributed by atoms with Crippen molar-refractivity contribution in [3.05, 3.63) is 24.0 Å². The van der Waals surface area contributed by atoms with Crippen molar-refractivity contribution in [3.8, 4) is 0 Å². The van der Waals surface area contributed by atoms with Crippen LogP contribution in [0.15, 0.2) is 18.5 Å². The number of fused-ring (bicyclic) bond motifs is 1. The van der Waals surface area contributed by atoms with E-state index in [1.54, 1.807) is 6.20 Å². The van der Waals surface area contributed by atoms with Gasteiger partial charge < -0.3 is 4.57 Å². The number of hydrogen-bond acceptors (Lipinski definition) is 2. The van der Waals surface area contributed by atoms with Gasteiger partial charge in [-0.15, -0.1) is 5.10 Å². The van der Waals surface area contributed by atoms with Crippen LogP contribution in [0.25, 0.3) is 11.0 Å². The number of aromatic nitrogens is 3. The SMILES string of the molecule is CCn1cc(C)c2ccnnc21. The van der Waals surface area contributed by atoms with Gasteiger partial charge in [0.25, 0.3) is 0 Å². The predicted octanol–water partition coefficient (Wildman–Crippen LogP) is 1.76. The molecule has 0 bridgehead atoms. The second kappa shape index (κ2) is 2.59. The zero-order valence-corrected chi connectivity index (χ0v) is 7.28. The van der Waals surface area contributed by atoms with Gasteiger partial charge in [-0.05, 0) is 25.5 Å². The summed E-state index contributed by atoms with van der Waals surface area (Å²) in [5, 5.41) is 9.15. The first-order valence-corrected chi connectivity index (χ1v) is 4.10. The summed E-state index contributed by atoms with van der Waals surface area (Å²) in [6.45, 7) is 5.15. The van der Waals surface area contributed by atoms with E-state index in [2.05, 4.69) is 34.8 Å². The Hall–Kier alpha value is -1.38. The molecule has 0 radical (unpaired) electrons. The Balaban J connectivity index is 2.82. The molecule has 0 fully saturated rings. The zero-order chi connectivity index (χ0) is 8.55. The van der Waals surface area contributed by atoms with E-state index in [4.69, 9.17) is 0 Å². The number of nitrogens with zero attached hydrogens (tertiary/aromatic N) is 3. The largest absolute Gasteiger partial charge is 0.331 e. The third-order valence-corrected chi connectivity index (χ3v) is 2.09. The first kappa shape index (κ1) is 7.28. The lowest BCUT2D eigenvalue weighted by Gasteiger charge is -1.95. The third kappa shape index (κ3) is 0.897. The Morgan fingerprint density at radius 2 is 2.33 bits per heavy atom. The molecule has 3 nitrogen and oxygen atoms in total. The molecule has 12 heavy (non-hydrogen) atoms. The summed E-state index contributed by atoms with van der Waals surface area (Å²) in [5.74, 6) is 0. The van der Waals surface area contributed by atoms with Crippen LogP contribution >= 0.6 is 0 Å². The minimum atomic E-state index is 0.947. The molecule has 3 heteroatoms. The topological polar surface area (TPSA) is 30.7 Å². The van der Waals surface area contributed by atoms with Gasteiger partial charge in [0.15, 0.2) is 5.65 Å². The molecule has 0 spiro atoms. The van der Waals surface area contributed by atoms with E-state index < -0.39 is 0 Å². The molecule has 2 aromatic rings. The molecule has 0 aromatic carbocycles. The van der Waals surface area contributed by atoms with Gasteiger partial charge in [-0.3, -0.25) is 0 Å². The summed E-state index contributed by atoms with van der Waals surface area (Å²) in [6, 6.07) is 2.00. The van der Waals surface area contributed by atoms with Crippen LogP contribution in [0.2, 0.25) is 0 Å². The molecule has 2 heterocycles. The van der Waals surface area contributed by atoms with Gasteiger partial charge in [0.05, 0.1) is 6.20 Å². The summed E-state index contributed by atoms with van der Waals surface area (Å²) in [6.07, 6.45) is 3.84. The van der Waals surface area contributed by atoms with Crippen molar-refractivity contribution in [1.29, 1.82) is 0 Å². The molecule has 0 aliphatic rings. The van der Waals surface area contributed by atoms with Gasteiger partial charge in [0, 0.05) is 18.1 Å². The van der Waals surface area contributed by atoms with Crippen LogP contribution in [-0.4, -0.2) is 14.8 Å². The summed E-state index contributed by atoms with van der Waals surface area (Å²) < 4.78 is 2.11. The van der Waals surface area contributed by atoms with Crippen LogP contribution in [0.5, 0.6) is 0 Å². The Labute approximate surface area is 71.0 Å². The normalized spacial score (nSPS) is 10.8. The number of rotatable bonds is 1. The van der Waals surface area contributed by atoms with E-state index >= 15 is 0 Å². The second-order valence-corrected chi connectivity index (χ2v) is 2.87. The van der Waals surface area contributed by atoms with Crippen molar-refractivity contribution < 1.29 is 0 Å². The molecular formula is C9H11N3. The van der Waals surface area contributed by atoms with E-state index in [-0.39, 0.29) is 0 Å².